The molecular weight excluding hydrogens is 360 g/mol. The van der Waals surface area contributed by atoms with Gasteiger partial charge in [-0.05, 0) is 52.3 Å². The van der Waals surface area contributed by atoms with Crippen molar-refractivity contribution in [1.29, 1.82) is 0 Å². The number of carbonyl (C=O) groups excluding carboxylic acids is 1. The second kappa shape index (κ2) is 7.48. The standard InChI is InChI=1S/C17H17BrN2O3/c18-15-12-13(3-5-16(15)20-7-10-22-11-8-20)19-17(21)6-4-14-2-1-9-23-14/h1-6,9,12H,7-8,10-11H2,(H,19,21)/b6-4+. The van der Waals surface area contributed by atoms with E-state index in [1.165, 1.54) is 6.08 Å². The molecule has 1 aliphatic heterocycles. The van der Waals surface area contributed by atoms with Crippen LogP contribution in [0, 0.1) is 0 Å². The SMILES string of the molecule is O=C(/C=C/c1ccco1)Nc1ccc(N2CCOCC2)c(Br)c1. The topological polar surface area (TPSA) is 54.7 Å². The first kappa shape index (κ1) is 15.8. The lowest BCUT2D eigenvalue weighted by atomic mass is 10.2. The predicted octanol–water partition coefficient (Wildman–Crippen LogP) is 3.53. The van der Waals surface area contributed by atoms with Crippen molar-refractivity contribution in [2.45, 2.75) is 0 Å². The summed E-state index contributed by atoms with van der Waals surface area (Å²) < 4.78 is 11.5. The Morgan fingerprint density at radius 1 is 1.26 bits per heavy atom. The maximum Gasteiger partial charge on any atom is 0.248 e. The first-order chi connectivity index (χ1) is 11.2. The van der Waals surface area contributed by atoms with E-state index in [0.29, 0.717) is 5.76 Å². The van der Waals surface area contributed by atoms with Gasteiger partial charge in [-0.3, -0.25) is 4.79 Å². The fourth-order valence-electron chi connectivity index (χ4n) is 2.37. The summed E-state index contributed by atoms with van der Waals surface area (Å²) in [5, 5.41) is 2.83. The molecule has 1 saturated heterocycles. The summed E-state index contributed by atoms with van der Waals surface area (Å²) in [6.07, 6.45) is 4.65. The van der Waals surface area contributed by atoms with Gasteiger partial charge < -0.3 is 19.4 Å². The van der Waals surface area contributed by atoms with E-state index in [0.717, 1.165) is 42.2 Å². The van der Waals surface area contributed by atoms with Gasteiger partial charge in [-0.15, -0.1) is 0 Å². The quantitative estimate of drug-likeness (QED) is 0.829. The van der Waals surface area contributed by atoms with Gasteiger partial charge in [0.1, 0.15) is 5.76 Å². The highest BCUT2D eigenvalue weighted by molar-refractivity contribution is 9.10. The molecule has 2 aromatic rings. The van der Waals surface area contributed by atoms with Gasteiger partial charge in [0.2, 0.25) is 5.91 Å². The monoisotopic (exact) mass is 376 g/mol. The van der Waals surface area contributed by atoms with Crippen molar-refractivity contribution >= 4 is 39.3 Å². The third-order valence-corrected chi connectivity index (χ3v) is 4.14. The highest BCUT2D eigenvalue weighted by atomic mass is 79.9. The maximum absolute atomic E-state index is 11.9. The average Bonchev–Trinajstić information content (AvgIpc) is 3.07. The lowest BCUT2D eigenvalue weighted by molar-refractivity contribution is -0.111. The number of benzene rings is 1. The highest BCUT2D eigenvalue weighted by Crippen LogP contribution is 2.29. The van der Waals surface area contributed by atoms with Gasteiger partial charge in [0.25, 0.3) is 0 Å². The van der Waals surface area contributed by atoms with E-state index in [1.807, 2.05) is 18.2 Å². The second-order valence-electron chi connectivity index (χ2n) is 5.10. The van der Waals surface area contributed by atoms with Crippen molar-refractivity contribution in [3.05, 3.63) is 52.9 Å². The first-order valence-corrected chi connectivity index (χ1v) is 8.16. The number of nitrogens with one attached hydrogen (secondary N) is 1. The summed E-state index contributed by atoms with van der Waals surface area (Å²) in [5.74, 6) is 0.441. The lowest BCUT2D eigenvalue weighted by Gasteiger charge is -2.29. The van der Waals surface area contributed by atoms with E-state index in [1.54, 1.807) is 24.5 Å². The van der Waals surface area contributed by atoms with Crippen LogP contribution in [0.3, 0.4) is 0 Å². The third kappa shape index (κ3) is 4.24. The molecule has 1 aliphatic rings. The molecule has 23 heavy (non-hydrogen) atoms. The smallest absolute Gasteiger partial charge is 0.248 e. The molecule has 3 rings (SSSR count). The highest BCUT2D eigenvalue weighted by Gasteiger charge is 2.14. The van der Waals surface area contributed by atoms with Gasteiger partial charge in [-0.25, -0.2) is 0 Å². The molecule has 1 aromatic heterocycles. The molecule has 120 valence electrons. The molecular formula is C17H17BrN2O3. The zero-order valence-corrected chi connectivity index (χ0v) is 14.1. The van der Waals surface area contributed by atoms with Gasteiger partial charge in [-0.2, -0.15) is 0 Å². The fraction of sp³-hybridized carbons (Fsp3) is 0.235. The molecule has 2 heterocycles. The van der Waals surface area contributed by atoms with Crippen molar-refractivity contribution < 1.29 is 13.9 Å². The fourth-order valence-corrected chi connectivity index (χ4v) is 3.00. The molecule has 0 unspecified atom stereocenters. The van der Waals surface area contributed by atoms with E-state index >= 15 is 0 Å². The summed E-state index contributed by atoms with van der Waals surface area (Å²) in [4.78, 5) is 14.2. The predicted molar refractivity (Wildman–Crippen MR) is 93.5 cm³/mol. The zero-order valence-electron chi connectivity index (χ0n) is 12.5. The number of rotatable bonds is 4. The largest absolute Gasteiger partial charge is 0.465 e. The first-order valence-electron chi connectivity index (χ1n) is 7.37. The van der Waals surface area contributed by atoms with Crippen LogP contribution in [0.2, 0.25) is 0 Å². The molecule has 0 saturated carbocycles. The van der Waals surface area contributed by atoms with Crippen LogP contribution in [0.4, 0.5) is 11.4 Å². The van der Waals surface area contributed by atoms with Crippen molar-refractivity contribution in [2.75, 3.05) is 36.5 Å². The van der Waals surface area contributed by atoms with Gasteiger partial charge in [-0.1, -0.05) is 0 Å². The Labute approximate surface area is 143 Å². The van der Waals surface area contributed by atoms with Crippen molar-refractivity contribution in [3.8, 4) is 0 Å². The van der Waals surface area contributed by atoms with Crippen molar-refractivity contribution in [2.24, 2.45) is 0 Å². The van der Waals surface area contributed by atoms with Crippen LogP contribution < -0.4 is 10.2 Å². The molecule has 1 fully saturated rings. The summed E-state index contributed by atoms with van der Waals surface area (Å²) in [6.45, 7) is 3.22. The van der Waals surface area contributed by atoms with Crippen LogP contribution in [0.5, 0.6) is 0 Å². The maximum atomic E-state index is 11.9. The van der Waals surface area contributed by atoms with E-state index < -0.39 is 0 Å². The number of furan rings is 1. The Kier molecular flexibility index (Phi) is 5.15. The van der Waals surface area contributed by atoms with Crippen molar-refractivity contribution in [3.63, 3.8) is 0 Å². The molecule has 1 N–H and O–H groups in total. The molecule has 6 heteroatoms. The number of anilines is 2. The van der Waals surface area contributed by atoms with Crippen LogP contribution >= 0.6 is 15.9 Å². The minimum Gasteiger partial charge on any atom is -0.465 e. The van der Waals surface area contributed by atoms with E-state index in [-0.39, 0.29) is 5.91 Å². The van der Waals surface area contributed by atoms with Gasteiger partial charge >= 0.3 is 0 Å². The van der Waals surface area contributed by atoms with E-state index in [4.69, 9.17) is 9.15 Å². The van der Waals surface area contributed by atoms with Gasteiger partial charge in [0.05, 0.1) is 25.2 Å². The molecule has 0 aliphatic carbocycles. The van der Waals surface area contributed by atoms with Crippen LogP contribution in [0.15, 0.2) is 51.6 Å². The normalized spacial score (nSPS) is 15.1. The average molecular weight is 377 g/mol. The number of carbonyl (C=O) groups is 1. The molecule has 0 bridgehead atoms. The summed E-state index contributed by atoms with van der Waals surface area (Å²) in [7, 11) is 0. The Bertz CT molecular complexity index is 692. The number of nitrogens with zero attached hydrogens (tertiary/aromatic N) is 1. The number of ether oxygens (including phenoxy) is 1. The minimum absolute atomic E-state index is 0.201. The lowest BCUT2D eigenvalue weighted by Crippen LogP contribution is -2.36. The molecule has 5 nitrogen and oxygen atoms in total. The van der Waals surface area contributed by atoms with E-state index in [2.05, 4.69) is 26.1 Å². The third-order valence-electron chi connectivity index (χ3n) is 3.51. The van der Waals surface area contributed by atoms with Gasteiger partial charge in [0, 0.05) is 29.3 Å². The molecule has 0 radical (unpaired) electrons. The molecule has 0 atom stereocenters. The number of hydrogen-bond acceptors (Lipinski definition) is 4. The zero-order chi connectivity index (χ0) is 16.1. The summed E-state index contributed by atoms with van der Waals surface area (Å²) in [6, 6.07) is 9.37. The number of hydrogen-bond donors (Lipinski definition) is 1. The number of amides is 1. The molecule has 1 amide bonds. The number of halogens is 1. The summed E-state index contributed by atoms with van der Waals surface area (Å²) >= 11 is 3.58. The van der Waals surface area contributed by atoms with Crippen LogP contribution in [0.1, 0.15) is 5.76 Å². The van der Waals surface area contributed by atoms with Crippen LogP contribution in [-0.4, -0.2) is 32.2 Å². The van der Waals surface area contributed by atoms with Crippen LogP contribution in [-0.2, 0) is 9.53 Å². The minimum atomic E-state index is -0.201. The number of morpholine rings is 1. The Morgan fingerprint density at radius 3 is 2.78 bits per heavy atom. The summed E-state index contributed by atoms with van der Waals surface area (Å²) in [5.41, 5.74) is 1.85. The Balaban J connectivity index is 1.64. The molecule has 0 spiro atoms. The molecule has 1 aromatic carbocycles. The van der Waals surface area contributed by atoms with Crippen molar-refractivity contribution in [1.82, 2.24) is 0 Å². The Morgan fingerprint density at radius 2 is 2.09 bits per heavy atom. The van der Waals surface area contributed by atoms with Crippen LogP contribution in [0.25, 0.3) is 6.08 Å². The second-order valence-corrected chi connectivity index (χ2v) is 5.96. The van der Waals surface area contributed by atoms with Gasteiger partial charge in [0.15, 0.2) is 0 Å². The Hall–Kier alpha value is -2.05. The van der Waals surface area contributed by atoms with E-state index in [9.17, 15) is 4.79 Å².